The average molecular weight is 524 g/mol. The number of halogens is 1. The predicted octanol–water partition coefficient (Wildman–Crippen LogP) is 3.93. The molecule has 0 aliphatic rings. The Hall–Kier alpha value is -5.06. The van der Waals surface area contributed by atoms with Crippen molar-refractivity contribution in [2.45, 2.75) is 26.4 Å². The van der Waals surface area contributed by atoms with E-state index in [0.717, 1.165) is 38.9 Å². The molecule has 6 rings (SSSR count). The fourth-order valence-corrected chi connectivity index (χ4v) is 4.66. The van der Waals surface area contributed by atoms with Gasteiger partial charge in [0.25, 0.3) is 0 Å². The number of hydrogen-bond donors (Lipinski definition) is 2. The van der Waals surface area contributed by atoms with E-state index < -0.39 is 0 Å². The maximum atomic E-state index is 13.6. The van der Waals surface area contributed by atoms with Gasteiger partial charge in [-0.3, -0.25) is 9.48 Å². The van der Waals surface area contributed by atoms with E-state index in [-0.39, 0.29) is 11.7 Å². The number of anilines is 2. The number of rotatable bonds is 9. The SMILES string of the molecule is CC(=O)NCCc1cn(Cc2ccn3ncnc(Nc4ccc5c(cnn5Cc5cccc(F)c5)c4)c23)cn1. The maximum Gasteiger partial charge on any atom is 0.216 e. The molecule has 0 aliphatic heterocycles. The van der Waals surface area contributed by atoms with Gasteiger partial charge in [0.1, 0.15) is 17.7 Å². The van der Waals surface area contributed by atoms with Gasteiger partial charge in [0.2, 0.25) is 5.91 Å². The number of fused-ring (bicyclic) bond motifs is 2. The number of aromatic nitrogens is 7. The highest BCUT2D eigenvalue weighted by Crippen LogP contribution is 2.26. The number of carbonyl (C=O) groups excluding carboxylic acids is 1. The summed E-state index contributed by atoms with van der Waals surface area (Å²) in [6.07, 6.45) is 9.68. The molecule has 6 aromatic rings. The molecule has 0 unspecified atom stereocenters. The molecule has 0 saturated carbocycles. The minimum Gasteiger partial charge on any atom is -0.356 e. The van der Waals surface area contributed by atoms with E-state index in [0.29, 0.717) is 31.9 Å². The van der Waals surface area contributed by atoms with Gasteiger partial charge in [-0.1, -0.05) is 12.1 Å². The molecule has 0 atom stereocenters. The molecule has 0 saturated heterocycles. The van der Waals surface area contributed by atoms with Crippen molar-refractivity contribution < 1.29 is 9.18 Å². The maximum absolute atomic E-state index is 13.6. The summed E-state index contributed by atoms with van der Waals surface area (Å²) in [5, 5.41) is 16.1. The van der Waals surface area contributed by atoms with Crippen molar-refractivity contribution in [3.63, 3.8) is 0 Å². The minimum absolute atomic E-state index is 0.0495. The Bertz CT molecular complexity index is 1780. The highest BCUT2D eigenvalue weighted by Gasteiger charge is 2.13. The third-order valence-electron chi connectivity index (χ3n) is 6.46. The predicted molar refractivity (Wildman–Crippen MR) is 145 cm³/mol. The van der Waals surface area contributed by atoms with E-state index in [4.69, 9.17) is 0 Å². The van der Waals surface area contributed by atoms with Gasteiger partial charge in [0.15, 0.2) is 5.82 Å². The van der Waals surface area contributed by atoms with E-state index >= 15 is 0 Å². The Kier molecular flexibility index (Phi) is 6.45. The first-order valence-corrected chi connectivity index (χ1v) is 12.6. The van der Waals surface area contributed by atoms with Gasteiger partial charge in [-0.05, 0) is 42.0 Å². The van der Waals surface area contributed by atoms with Crippen molar-refractivity contribution in [3.8, 4) is 0 Å². The number of carbonyl (C=O) groups is 1. The molecule has 0 bridgehead atoms. The molecule has 4 heterocycles. The van der Waals surface area contributed by atoms with Gasteiger partial charge >= 0.3 is 0 Å². The molecule has 0 spiro atoms. The second-order valence-corrected chi connectivity index (χ2v) is 9.34. The highest BCUT2D eigenvalue weighted by atomic mass is 19.1. The molecular formula is C28H26FN9O. The summed E-state index contributed by atoms with van der Waals surface area (Å²) in [6.45, 7) is 3.14. The van der Waals surface area contributed by atoms with E-state index in [2.05, 4.69) is 30.8 Å². The Morgan fingerprint density at radius 3 is 2.85 bits per heavy atom. The van der Waals surface area contributed by atoms with Gasteiger partial charge in [0.05, 0.1) is 36.8 Å². The third-order valence-corrected chi connectivity index (χ3v) is 6.46. The molecule has 0 aliphatic carbocycles. The third kappa shape index (κ3) is 5.33. The second kappa shape index (κ2) is 10.4. The molecule has 4 aromatic heterocycles. The molecule has 0 fully saturated rings. The monoisotopic (exact) mass is 523 g/mol. The number of hydrogen-bond acceptors (Lipinski definition) is 6. The fraction of sp³-hybridized carbons (Fsp3) is 0.179. The molecule has 1 amide bonds. The van der Waals surface area contributed by atoms with Crippen LogP contribution in [-0.4, -0.2) is 46.4 Å². The van der Waals surface area contributed by atoms with Gasteiger partial charge in [0, 0.05) is 48.9 Å². The quantitative estimate of drug-likeness (QED) is 0.297. The lowest BCUT2D eigenvalue weighted by atomic mass is 10.2. The van der Waals surface area contributed by atoms with Crippen LogP contribution >= 0.6 is 0 Å². The Morgan fingerprint density at radius 2 is 1.97 bits per heavy atom. The molecule has 39 heavy (non-hydrogen) atoms. The number of imidazole rings is 1. The average Bonchev–Trinajstić information content (AvgIpc) is 3.64. The van der Waals surface area contributed by atoms with Gasteiger partial charge in [-0.15, -0.1) is 0 Å². The van der Waals surface area contributed by atoms with Crippen molar-refractivity contribution in [1.29, 1.82) is 0 Å². The number of amides is 1. The normalized spacial score (nSPS) is 11.3. The molecule has 11 heteroatoms. The summed E-state index contributed by atoms with van der Waals surface area (Å²) in [5.74, 6) is 0.376. The molecule has 2 N–H and O–H groups in total. The molecule has 196 valence electrons. The van der Waals surface area contributed by atoms with Crippen molar-refractivity contribution in [1.82, 2.24) is 39.2 Å². The lowest BCUT2D eigenvalue weighted by Crippen LogP contribution is -2.22. The van der Waals surface area contributed by atoms with E-state index in [1.807, 2.05) is 52.0 Å². The number of nitrogens with zero attached hydrogens (tertiary/aromatic N) is 7. The van der Waals surface area contributed by atoms with Crippen molar-refractivity contribution in [2.75, 3.05) is 11.9 Å². The number of nitrogens with one attached hydrogen (secondary N) is 2. The molecule has 0 radical (unpaired) electrons. The van der Waals surface area contributed by atoms with Gasteiger partial charge in [-0.25, -0.2) is 18.9 Å². The van der Waals surface area contributed by atoms with Crippen LogP contribution in [-0.2, 0) is 24.3 Å². The summed E-state index contributed by atoms with van der Waals surface area (Å²) < 4.78 is 19.3. The van der Waals surface area contributed by atoms with Crippen molar-refractivity contribution in [3.05, 3.63) is 102 Å². The first-order valence-electron chi connectivity index (χ1n) is 12.6. The Balaban J connectivity index is 1.22. The van der Waals surface area contributed by atoms with Crippen LogP contribution in [0.2, 0.25) is 0 Å². The zero-order valence-corrected chi connectivity index (χ0v) is 21.3. The lowest BCUT2D eigenvalue weighted by Gasteiger charge is -2.10. The van der Waals surface area contributed by atoms with Crippen molar-refractivity contribution >= 4 is 33.8 Å². The summed E-state index contributed by atoms with van der Waals surface area (Å²) in [4.78, 5) is 20.1. The number of benzene rings is 2. The van der Waals surface area contributed by atoms with Crippen LogP contribution in [0.4, 0.5) is 15.9 Å². The molecule has 2 aromatic carbocycles. The van der Waals surface area contributed by atoms with Crippen LogP contribution < -0.4 is 10.6 Å². The summed E-state index contributed by atoms with van der Waals surface area (Å²) in [6, 6.07) is 14.6. The van der Waals surface area contributed by atoms with Crippen LogP contribution in [0.25, 0.3) is 16.4 Å². The largest absolute Gasteiger partial charge is 0.356 e. The standard InChI is InChI=1S/C28H26FN9O/c1-19(39)30-9-7-25-16-36(18-32-25)15-21-8-10-37-27(21)28(31-17-34-37)35-24-5-6-26-22(12-24)13-33-38(26)14-20-3-2-4-23(29)11-20/h2-6,8,10-13,16-18H,7,9,14-15H2,1H3,(H,30,39)(H,31,34,35). The second-order valence-electron chi connectivity index (χ2n) is 9.34. The van der Waals surface area contributed by atoms with Gasteiger partial charge in [-0.2, -0.15) is 10.2 Å². The molecular weight excluding hydrogens is 497 g/mol. The minimum atomic E-state index is -0.258. The summed E-state index contributed by atoms with van der Waals surface area (Å²) in [7, 11) is 0. The summed E-state index contributed by atoms with van der Waals surface area (Å²) in [5.41, 5.74) is 5.48. The fourth-order valence-electron chi connectivity index (χ4n) is 4.66. The lowest BCUT2D eigenvalue weighted by molar-refractivity contribution is -0.118. The smallest absolute Gasteiger partial charge is 0.216 e. The Morgan fingerprint density at radius 1 is 1.05 bits per heavy atom. The Labute approximate surface area is 223 Å². The van der Waals surface area contributed by atoms with Crippen LogP contribution in [0.1, 0.15) is 23.7 Å². The first-order chi connectivity index (χ1) is 19.0. The zero-order valence-electron chi connectivity index (χ0n) is 21.3. The van der Waals surface area contributed by atoms with Crippen molar-refractivity contribution in [2.24, 2.45) is 0 Å². The summed E-state index contributed by atoms with van der Waals surface area (Å²) >= 11 is 0. The molecule has 10 nitrogen and oxygen atoms in total. The van der Waals surface area contributed by atoms with E-state index in [1.165, 1.54) is 25.4 Å². The topological polar surface area (TPSA) is 107 Å². The van der Waals surface area contributed by atoms with E-state index in [9.17, 15) is 9.18 Å². The van der Waals surface area contributed by atoms with Crippen LogP contribution in [0.3, 0.4) is 0 Å². The van der Waals surface area contributed by atoms with Gasteiger partial charge < -0.3 is 15.2 Å². The first kappa shape index (κ1) is 24.3. The van der Waals surface area contributed by atoms with E-state index in [1.54, 1.807) is 23.1 Å². The zero-order chi connectivity index (χ0) is 26.8. The highest BCUT2D eigenvalue weighted by molar-refractivity contribution is 5.85. The van der Waals surface area contributed by atoms with Crippen LogP contribution in [0, 0.1) is 5.82 Å². The van der Waals surface area contributed by atoms with Crippen LogP contribution in [0.15, 0.2) is 79.8 Å². The van der Waals surface area contributed by atoms with Crippen LogP contribution in [0.5, 0.6) is 0 Å².